The van der Waals surface area contributed by atoms with Gasteiger partial charge in [-0.15, -0.1) is 0 Å². The summed E-state index contributed by atoms with van der Waals surface area (Å²) in [5.74, 6) is 1.33. The standard InChI is InChI=1S/C24H22N2O3/c1-2-27-24-14-20(12-13-23(24)28-17-19-8-4-3-5-9-19)16-26-29-18-22-11-7-6-10-21(22)15-25/h3-14,16H,2,17-18H2,1H3/b26-16-. The third-order valence-corrected chi connectivity index (χ3v) is 4.14. The summed E-state index contributed by atoms with van der Waals surface area (Å²) < 4.78 is 11.6. The maximum absolute atomic E-state index is 9.11. The number of ether oxygens (including phenoxy) is 2. The summed E-state index contributed by atoms with van der Waals surface area (Å²) in [6.45, 7) is 3.16. The van der Waals surface area contributed by atoms with Crippen molar-refractivity contribution < 1.29 is 14.3 Å². The number of hydrogen-bond donors (Lipinski definition) is 0. The first-order chi connectivity index (χ1) is 14.3. The van der Waals surface area contributed by atoms with Crippen molar-refractivity contribution in [3.05, 3.63) is 95.1 Å². The Hall–Kier alpha value is -3.78. The van der Waals surface area contributed by atoms with E-state index < -0.39 is 0 Å². The average molecular weight is 386 g/mol. The molecule has 0 radical (unpaired) electrons. The van der Waals surface area contributed by atoms with E-state index in [2.05, 4.69) is 11.2 Å². The van der Waals surface area contributed by atoms with E-state index in [4.69, 9.17) is 19.6 Å². The van der Waals surface area contributed by atoms with Crippen LogP contribution in [-0.4, -0.2) is 12.8 Å². The third-order valence-electron chi connectivity index (χ3n) is 4.14. The van der Waals surface area contributed by atoms with E-state index in [1.165, 1.54) is 0 Å². The lowest BCUT2D eigenvalue weighted by atomic mass is 10.1. The quantitative estimate of drug-likeness (QED) is 0.380. The van der Waals surface area contributed by atoms with E-state index in [0.717, 1.165) is 16.7 Å². The fourth-order valence-electron chi connectivity index (χ4n) is 2.69. The topological polar surface area (TPSA) is 63.8 Å². The molecule has 29 heavy (non-hydrogen) atoms. The van der Waals surface area contributed by atoms with Crippen molar-refractivity contribution in [3.63, 3.8) is 0 Å². The van der Waals surface area contributed by atoms with Gasteiger partial charge in [-0.25, -0.2) is 0 Å². The Morgan fingerprint density at radius 3 is 2.48 bits per heavy atom. The number of nitriles is 1. The van der Waals surface area contributed by atoms with Crippen LogP contribution in [0.5, 0.6) is 11.5 Å². The van der Waals surface area contributed by atoms with Crippen molar-refractivity contribution in [2.24, 2.45) is 5.16 Å². The second kappa shape index (κ2) is 10.5. The summed E-state index contributed by atoms with van der Waals surface area (Å²) in [6.07, 6.45) is 1.61. The van der Waals surface area contributed by atoms with Crippen molar-refractivity contribution in [2.75, 3.05) is 6.61 Å². The largest absolute Gasteiger partial charge is 0.490 e. The third kappa shape index (κ3) is 5.85. The first-order valence-corrected chi connectivity index (χ1v) is 9.37. The number of hydrogen-bond acceptors (Lipinski definition) is 5. The van der Waals surface area contributed by atoms with E-state index >= 15 is 0 Å². The van der Waals surface area contributed by atoms with Crippen molar-refractivity contribution in [1.29, 1.82) is 5.26 Å². The highest BCUT2D eigenvalue weighted by atomic mass is 16.6. The van der Waals surface area contributed by atoms with Gasteiger partial charge in [-0.2, -0.15) is 5.26 Å². The molecular weight excluding hydrogens is 364 g/mol. The maximum Gasteiger partial charge on any atom is 0.161 e. The molecule has 0 aliphatic rings. The fraction of sp³-hybridized carbons (Fsp3) is 0.167. The van der Waals surface area contributed by atoms with Crippen LogP contribution in [0.15, 0.2) is 78.0 Å². The molecule has 0 bridgehead atoms. The van der Waals surface area contributed by atoms with Crippen LogP contribution in [0.1, 0.15) is 29.2 Å². The van der Waals surface area contributed by atoms with Gasteiger partial charge in [0.2, 0.25) is 0 Å². The van der Waals surface area contributed by atoms with Crippen LogP contribution < -0.4 is 9.47 Å². The molecule has 0 aromatic heterocycles. The number of oxime groups is 1. The van der Waals surface area contributed by atoms with Gasteiger partial charge < -0.3 is 14.3 Å². The van der Waals surface area contributed by atoms with Crippen molar-refractivity contribution >= 4 is 6.21 Å². The fourth-order valence-corrected chi connectivity index (χ4v) is 2.69. The molecule has 0 saturated heterocycles. The SMILES string of the molecule is CCOc1cc(/C=N\OCc2ccccc2C#N)ccc1OCc1ccccc1. The minimum absolute atomic E-state index is 0.233. The lowest BCUT2D eigenvalue weighted by Crippen LogP contribution is -2.00. The molecule has 0 aliphatic carbocycles. The molecule has 0 fully saturated rings. The van der Waals surface area contributed by atoms with E-state index in [-0.39, 0.29) is 6.61 Å². The van der Waals surface area contributed by atoms with Gasteiger partial charge in [0.15, 0.2) is 11.5 Å². The lowest BCUT2D eigenvalue weighted by molar-refractivity contribution is 0.132. The molecule has 0 unspecified atom stereocenters. The van der Waals surface area contributed by atoms with Gasteiger partial charge in [0, 0.05) is 11.1 Å². The smallest absolute Gasteiger partial charge is 0.161 e. The second-order valence-electron chi connectivity index (χ2n) is 6.19. The molecule has 0 spiro atoms. The molecule has 3 aromatic carbocycles. The highest BCUT2D eigenvalue weighted by Crippen LogP contribution is 2.29. The van der Waals surface area contributed by atoms with E-state index in [0.29, 0.717) is 30.3 Å². The summed E-state index contributed by atoms with van der Waals surface area (Å²) in [5.41, 5.74) is 3.30. The molecule has 3 aromatic rings. The normalized spacial score (nSPS) is 10.5. The average Bonchev–Trinajstić information content (AvgIpc) is 2.77. The van der Waals surface area contributed by atoms with Crippen LogP contribution in [-0.2, 0) is 18.1 Å². The van der Waals surface area contributed by atoms with Crippen molar-refractivity contribution in [3.8, 4) is 17.6 Å². The minimum Gasteiger partial charge on any atom is -0.490 e. The van der Waals surface area contributed by atoms with Crippen LogP contribution >= 0.6 is 0 Å². The van der Waals surface area contributed by atoms with Gasteiger partial charge >= 0.3 is 0 Å². The molecule has 5 heteroatoms. The molecule has 0 N–H and O–H groups in total. The maximum atomic E-state index is 9.11. The van der Waals surface area contributed by atoms with Crippen molar-refractivity contribution in [2.45, 2.75) is 20.1 Å². The summed E-state index contributed by atoms with van der Waals surface area (Å²) in [5, 5.41) is 13.1. The number of nitrogens with zero attached hydrogens (tertiary/aromatic N) is 2. The molecule has 0 atom stereocenters. The van der Waals surface area contributed by atoms with E-state index in [9.17, 15) is 0 Å². The second-order valence-corrected chi connectivity index (χ2v) is 6.19. The van der Waals surface area contributed by atoms with Gasteiger partial charge in [0.1, 0.15) is 13.2 Å². The Morgan fingerprint density at radius 1 is 0.897 bits per heavy atom. The van der Waals surface area contributed by atoms with Crippen molar-refractivity contribution in [1.82, 2.24) is 0 Å². The van der Waals surface area contributed by atoms with E-state index in [1.807, 2.05) is 73.7 Å². The summed E-state index contributed by atoms with van der Waals surface area (Å²) >= 11 is 0. The minimum atomic E-state index is 0.233. The Balaban J connectivity index is 1.63. The molecular formula is C24H22N2O3. The molecule has 0 heterocycles. The summed E-state index contributed by atoms with van der Waals surface area (Å²) in [6, 6.07) is 25.0. The lowest BCUT2D eigenvalue weighted by Gasteiger charge is -2.12. The molecule has 5 nitrogen and oxygen atoms in total. The predicted molar refractivity (Wildman–Crippen MR) is 112 cm³/mol. The molecule has 146 valence electrons. The van der Waals surface area contributed by atoms with Gasteiger partial charge in [0.25, 0.3) is 0 Å². The van der Waals surface area contributed by atoms with Crippen LogP contribution in [0.4, 0.5) is 0 Å². The highest BCUT2D eigenvalue weighted by molar-refractivity contribution is 5.80. The Labute approximate surface area is 170 Å². The Bertz CT molecular complexity index is 995. The Morgan fingerprint density at radius 2 is 1.69 bits per heavy atom. The number of benzene rings is 3. The zero-order chi connectivity index (χ0) is 20.3. The van der Waals surface area contributed by atoms with Gasteiger partial charge in [0.05, 0.1) is 24.5 Å². The van der Waals surface area contributed by atoms with Crippen LogP contribution in [0.3, 0.4) is 0 Å². The Kier molecular flexibility index (Phi) is 7.25. The summed E-state index contributed by atoms with van der Waals surface area (Å²) in [7, 11) is 0. The zero-order valence-corrected chi connectivity index (χ0v) is 16.2. The molecule has 0 amide bonds. The molecule has 0 saturated carbocycles. The van der Waals surface area contributed by atoms with Crippen LogP contribution in [0, 0.1) is 11.3 Å². The summed E-state index contributed by atoms with van der Waals surface area (Å²) in [4.78, 5) is 5.35. The zero-order valence-electron chi connectivity index (χ0n) is 16.2. The monoisotopic (exact) mass is 386 g/mol. The molecule has 3 rings (SSSR count). The van der Waals surface area contributed by atoms with Crippen LogP contribution in [0.2, 0.25) is 0 Å². The number of rotatable bonds is 9. The first kappa shape index (κ1) is 20.0. The first-order valence-electron chi connectivity index (χ1n) is 9.37. The van der Waals surface area contributed by atoms with E-state index in [1.54, 1.807) is 12.3 Å². The highest BCUT2D eigenvalue weighted by Gasteiger charge is 2.07. The van der Waals surface area contributed by atoms with Crippen LogP contribution in [0.25, 0.3) is 0 Å². The molecule has 0 aliphatic heterocycles. The van der Waals surface area contributed by atoms with Gasteiger partial charge in [-0.1, -0.05) is 53.7 Å². The predicted octanol–water partition coefficient (Wildman–Crippen LogP) is 5.09. The van der Waals surface area contributed by atoms with Gasteiger partial charge in [-0.3, -0.25) is 0 Å². The van der Waals surface area contributed by atoms with Gasteiger partial charge in [-0.05, 0) is 36.8 Å².